The molecule has 82 heavy (non-hydrogen) atoms. The maximum atomic E-state index is 14.2. The normalized spacial score (nSPS) is 14.6. The van der Waals surface area contributed by atoms with E-state index < -0.39 is 195 Å². The van der Waals surface area contributed by atoms with Crippen molar-refractivity contribution in [3.63, 3.8) is 0 Å². The van der Waals surface area contributed by atoms with Gasteiger partial charge in [-0.1, -0.05) is 104 Å². The summed E-state index contributed by atoms with van der Waals surface area (Å²) in [7, 11) is 0. The fourth-order valence-electron chi connectivity index (χ4n) is 10.1. The lowest BCUT2D eigenvalue weighted by Crippen LogP contribution is -2.75. The number of pyridine rings is 1. The van der Waals surface area contributed by atoms with Crippen molar-refractivity contribution >= 4 is 44.7 Å². The molecular formula is C55H36BF24NO. The summed E-state index contributed by atoms with van der Waals surface area (Å²) in [6.07, 6.45) is -46.2. The number of para-hydroxylation sites is 1. The molecule has 1 aromatic heterocycles. The van der Waals surface area contributed by atoms with Gasteiger partial charge in [0.1, 0.15) is 6.15 Å². The molecule has 438 valence electrons. The minimum absolute atomic E-state index is 0.163. The van der Waals surface area contributed by atoms with Crippen LogP contribution in [0.5, 0.6) is 0 Å². The maximum absolute atomic E-state index is 14.2. The van der Waals surface area contributed by atoms with Crippen LogP contribution in [0.4, 0.5) is 105 Å². The van der Waals surface area contributed by atoms with Crippen molar-refractivity contribution in [2.45, 2.75) is 94.0 Å². The van der Waals surface area contributed by atoms with E-state index >= 15 is 0 Å². The number of benzene rings is 6. The Morgan fingerprint density at radius 3 is 0.976 bits per heavy atom. The predicted octanol–water partition coefficient (Wildman–Crippen LogP) is 16.3. The predicted molar refractivity (Wildman–Crippen MR) is 251 cm³/mol. The van der Waals surface area contributed by atoms with Crippen molar-refractivity contribution in [3.8, 4) is 0 Å². The third-order valence-electron chi connectivity index (χ3n) is 13.9. The molecule has 0 unspecified atom stereocenters. The molecule has 1 fully saturated rings. The van der Waals surface area contributed by atoms with E-state index in [1.54, 1.807) is 0 Å². The van der Waals surface area contributed by atoms with Gasteiger partial charge in [0.15, 0.2) is 6.20 Å². The van der Waals surface area contributed by atoms with E-state index in [2.05, 4.69) is 30.3 Å². The number of Topliss-reactive ketones (excluding diaryl/α,β-unsaturated/α-hetero) is 1. The van der Waals surface area contributed by atoms with Crippen LogP contribution < -0.4 is 26.4 Å². The molecule has 0 saturated heterocycles. The molecule has 0 aliphatic heterocycles. The number of carbonyl (C=O) groups is 1. The highest BCUT2D eigenvalue weighted by atomic mass is 19.4. The van der Waals surface area contributed by atoms with Gasteiger partial charge in [0.2, 0.25) is 17.8 Å². The van der Waals surface area contributed by atoms with Gasteiger partial charge in [-0.25, -0.2) is 0 Å². The highest BCUT2D eigenvalue weighted by molar-refractivity contribution is 7.20. The van der Waals surface area contributed by atoms with Gasteiger partial charge in [0.05, 0.1) is 44.5 Å². The largest absolute Gasteiger partial charge is 0.416 e. The SMILES string of the molecule is FC(F)(F)c1cc([B-](c2cc(C(F)(F)F)cc(C(F)(F)F)c2)(c2cc(C(F)(F)F)cc(C(F)(F)F)c2)c2cc(C(F)(F)F)cc(C(F)(F)F)c2)cc(C(F)(F)F)c1.O=C(C[n+]1cccc2ccccc21)c1ccc(C2CCCCC2)cc1. The topological polar surface area (TPSA) is 20.9 Å². The van der Waals surface area contributed by atoms with Gasteiger partial charge in [-0.3, -0.25) is 4.79 Å². The number of rotatable bonds is 8. The molecule has 1 heterocycles. The van der Waals surface area contributed by atoms with Crippen LogP contribution >= 0.6 is 0 Å². The second-order valence-electron chi connectivity index (χ2n) is 19.3. The van der Waals surface area contributed by atoms with Crippen LogP contribution in [0.3, 0.4) is 0 Å². The maximum Gasteiger partial charge on any atom is 0.416 e. The summed E-state index contributed by atoms with van der Waals surface area (Å²) in [5, 5.41) is 1.16. The summed E-state index contributed by atoms with van der Waals surface area (Å²) in [6, 6.07) is 11.8. The first-order chi connectivity index (χ1) is 37.6. The van der Waals surface area contributed by atoms with Crippen LogP contribution in [0.1, 0.15) is 98.5 Å². The molecular weight excluding hydrogens is 1160 g/mol. The van der Waals surface area contributed by atoms with Gasteiger partial charge in [-0.15, -0.1) is 0 Å². The molecule has 0 amide bonds. The molecule has 1 aliphatic carbocycles. The van der Waals surface area contributed by atoms with Crippen LogP contribution in [0.25, 0.3) is 10.9 Å². The van der Waals surface area contributed by atoms with E-state index in [9.17, 15) is 110 Å². The first-order valence-corrected chi connectivity index (χ1v) is 23.9. The van der Waals surface area contributed by atoms with E-state index in [1.165, 1.54) is 37.7 Å². The highest BCUT2D eigenvalue weighted by Crippen LogP contribution is 2.42. The number of hydrogen-bond donors (Lipinski definition) is 0. The zero-order valence-electron chi connectivity index (χ0n) is 41.1. The van der Waals surface area contributed by atoms with E-state index in [0.717, 1.165) is 16.5 Å². The third kappa shape index (κ3) is 14.0. The molecule has 1 saturated carbocycles. The third-order valence-corrected chi connectivity index (χ3v) is 13.9. The number of alkyl halides is 24. The molecule has 0 radical (unpaired) electrons. The van der Waals surface area contributed by atoms with Crippen molar-refractivity contribution in [1.29, 1.82) is 0 Å². The molecule has 0 bridgehead atoms. The van der Waals surface area contributed by atoms with Gasteiger partial charge in [0.25, 0.3) is 0 Å². The van der Waals surface area contributed by atoms with Crippen molar-refractivity contribution < 1.29 is 115 Å². The zero-order chi connectivity index (χ0) is 61.0. The molecule has 0 spiro atoms. The van der Waals surface area contributed by atoms with Crippen LogP contribution in [0.2, 0.25) is 0 Å². The minimum atomic E-state index is -6.13. The molecule has 2 nitrogen and oxygen atoms in total. The van der Waals surface area contributed by atoms with Crippen molar-refractivity contribution in [3.05, 3.63) is 195 Å². The Kier molecular flexibility index (Phi) is 16.9. The smallest absolute Gasteiger partial charge is 0.287 e. The highest BCUT2D eigenvalue weighted by Gasteiger charge is 2.47. The number of hydrogen-bond acceptors (Lipinski definition) is 1. The number of aromatic nitrogens is 1. The average molecular weight is 1190 g/mol. The van der Waals surface area contributed by atoms with Crippen LogP contribution in [0, 0.1) is 0 Å². The van der Waals surface area contributed by atoms with Gasteiger partial charge in [-0.2, -0.15) is 132 Å². The van der Waals surface area contributed by atoms with Gasteiger partial charge in [-0.05, 0) is 60.7 Å². The monoisotopic (exact) mass is 1190 g/mol. The lowest BCUT2D eigenvalue weighted by Gasteiger charge is -2.46. The number of fused-ring (bicyclic) bond motifs is 1. The Morgan fingerprint density at radius 2 is 0.671 bits per heavy atom. The summed E-state index contributed by atoms with van der Waals surface area (Å²) in [4.78, 5) is 12.7. The van der Waals surface area contributed by atoms with Crippen LogP contribution in [0.15, 0.2) is 140 Å². The lowest BCUT2D eigenvalue weighted by atomic mass is 9.12. The molecule has 6 aromatic carbocycles. The van der Waals surface area contributed by atoms with Gasteiger partial charge < -0.3 is 0 Å². The summed E-state index contributed by atoms with van der Waals surface area (Å²) < 4.78 is 343. The fourth-order valence-corrected chi connectivity index (χ4v) is 10.1. The summed E-state index contributed by atoms with van der Waals surface area (Å²) in [6.45, 7) is 0.379. The van der Waals surface area contributed by atoms with E-state index in [0.29, 0.717) is 12.5 Å². The second-order valence-corrected chi connectivity index (χ2v) is 19.3. The Morgan fingerprint density at radius 1 is 0.378 bits per heavy atom. The Bertz CT molecular complexity index is 3000. The lowest BCUT2D eigenvalue weighted by molar-refractivity contribution is -0.657. The van der Waals surface area contributed by atoms with E-state index in [4.69, 9.17) is 0 Å². The standard InChI is InChI=1S/C32H12BF24.C23H24NO/c34-25(35,36)13-1-14(26(37,38)39)6-21(5-13)33(22-7-15(27(40,41)42)2-16(8-22)28(43,44)45,23-9-17(29(46,47)48)3-18(10-23)30(49,50)51)24-11-19(31(52,53)54)4-20(12-24)32(55,56)57;25-23(17-24-16-6-10-20-9-4-5-11-22(20)24)21-14-12-19(13-15-21)18-7-2-1-3-8-18/h1-12H;4-6,9-16,18H,1-3,7-8,17H2/q-1;+1. The van der Waals surface area contributed by atoms with Crippen LogP contribution in [-0.4, -0.2) is 11.9 Å². The number of carbonyl (C=O) groups excluding carboxylic acids is 1. The molecule has 7 aromatic rings. The van der Waals surface area contributed by atoms with Crippen LogP contribution in [-0.2, 0) is 56.0 Å². The summed E-state index contributed by atoms with van der Waals surface area (Å²) in [5.74, 6) is 0.849. The fraction of sp³-hybridized carbons (Fsp3) is 0.273. The van der Waals surface area contributed by atoms with Gasteiger partial charge >= 0.3 is 49.4 Å². The van der Waals surface area contributed by atoms with Crippen molar-refractivity contribution in [1.82, 2.24) is 0 Å². The molecule has 0 atom stereocenters. The van der Waals surface area contributed by atoms with Gasteiger partial charge in [0, 0.05) is 23.1 Å². The Labute approximate surface area is 447 Å². The zero-order valence-corrected chi connectivity index (χ0v) is 41.1. The molecule has 0 N–H and O–H groups in total. The first kappa shape index (κ1) is 62.4. The summed E-state index contributed by atoms with van der Waals surface area (Å²) in [5.41, 5.74) is -26.9. The van der Waals surface area contributed by atoms with E-state index in [1.807, 2.05) is 41.1 Å². The quantitative estimate of drug-likeness (QED) is 0.0643. The van der Waals surface area contributed by atoms with Crippen molar-refractivity contribution in [2.75, 3.05) is 0 Å². The van der Waals surface area contributed by atoms with E-state index in [-0.39, 0.29) is 5.78 Å². The first-order valence-electron chi connectivity index (χ1n) is 23.9. The number of halogens is 24. The Balaban J connectivity index is 0.000000318. The van der Waals surface area contributed by atoms with Crippen molar-refractivity contribution in [2.24, 2.45) is 0 Å². The molecule has 8 rings (SSSR count). The number of nitrogens with zero attached hydrogens (tertiary/aromatic N) is 1. The Hall–Kier alpha value is -7.22. The molecule has 1 aliphatic rings. The summed E-state index contributed by atoms with van der Waals surface area (Å²) >= 11 is 0. The average Bonchev–Trinajstić information content (AvgIpc) is 1.83. The number of ketones is 1. The minimum Gasteiger partial charge on any atom is -0.287 e. The second kappa shape index (κ2) is 22.2. The molecule has 27 heteroatoms.